The number of halogens is 2. The molecule has 0 fully saturated rings. The number of benzene rings is 1. The van der Waals surface area contributed by atoms with Crippen molar-refractivity contribution in [2.75, 3.05) is 11.9 Å². The Hall–Kier alpha value is -1.32. The Labute approximate surface area is 129 Å². The summed E-state index contributed by atoms with van der Waals surface area (Å²) in [5, 5.41) is 9.41. The van der Waals surface area contributed by atoms with Crippen LogP contribution in [-0.2, 0) is 0 Å². The second-order valence-corrected chi connectivity index (χ2v) is 5.70. The topological polar surface area (TPSA) is 29.0 Å². The zero-order chi connectivity index (χ0) is 14.9. The van der Waals surface area contributed by atoms with Gasteiger partial charge in [0.15, 0.2) is 11.0 Å². The fourth-order valence-corrected chi connectivity index (χ4v) is 2.45. The number of rotatable bonds is 3. The monoisotopic (exact) mass is 309 g/mol. The van der Waals surface area contributed by atoms with Crippen molar-refractivity contribution >= 4 is 29.0 Å². The van der Waals surface area contributed by atoms with Crippen LogP contribution in [0.25, 0.3) is 0 Å². The minimum Gasteiger partial charge on any atom is -0.351 e. The Morgan fingerprint density at radius 2 is 1.80 bits per heavy atom. The normalized spacial score (nSPS) is 12.3. The number of aromatic nitrogens is 2. The highest BCUT2D eigenvalue weighted by molar-refractivity contribution is 6.30. The summed E-state index contributed by atoms with van der Waals surface area (Å²) in [7, 11) is 2.00. The predicted molar refractivity (Wildman–Crippen MR) is 84.8 cm³/mol. The lowest BCUT2D eigenvalue weighted by molar-refractivity contribution is 0.715. The molecule has 3 nitrogen and oxygen atoms in total. The fraction of sp³-hybridized carbons (Fsp3) is 0.333. The highest BCUT2D eigenvalue weighted by atomic mass is 35.5. The number of nitrogens with zero attached hydrogens (tertiary/aromatic N) is 3. The van der Waals surface area contributed by atoms with Crippen molar-refractivity contribution in [1.29, 1.82) is 0 Å². The van der Waals surface area contributed by atoms with Crippen molar-refractivity contribution in [3.8, 4) is 0 Å². The molecule has 0 aliphatic heterocycles. The van der Waals surface area contributed by atoms with Gasteiger partial charge in [0, 0.05) is 12.1 Å². The van der Waals surface area contributed by atoms with Gasteiger partial charge in [-0.25, -0.2) is 0 Å². The molecule has 2 aromatic rings. The van der Waals surface area contributed by atoms with E-state index in [2.05, 4.69) is 28.1 Å². The average Bonchev–Trinajstić information content (AvgIpc) is 2.43. The van der Waals surface area contributed by atoms with Crippen molar-refractivity contribution in [2.45, 2.75) is 26.8 Å². The predicted octanol–water partition coefficient (Wildman–Crippen LogP) is 4.60. The quantitative estimate of drug-likeness (QED) is 0.830. The van der Waals surface area contributed by atoms with Crippen molar-refractivity contribution in [3.63, 3.8) is 0 Å². The maximum Gasteiger partial charge on any atom is 0.155 e. The summed E-state index contributed by atoms with van der Waals surface area (Å²) < 4.78 is 0. The van der Waals surface area contributed by atoms with Crippen LogP contribution >= 0.6 is 23.2 Å². The largest absolute Gasteiger partial charge is 0.351 e. The average molecular weight is 310 g/mol. The fourth-order valence-electron chi connectivity index (χ4n) is 2.07. The molecule has 1 atom stereocenters. The van der Waals surface area contributed by atoms with Gasteiger partial charge in [0.25, 0.3) is 0 Å². The Bertz CT molecular complexity index is 629. The van der Waals surface area contributed by atoms with Gasteiger partial charge in [0.1, 0.15) is 0 Å². The second kappa shape index (κ2) is 5.98. The molecule has 0 saturated carbocycles. The van der Waals surface area contributed by atoms with Crippen LogP contribution in [0.1, 0.15) is 29.7 Å². The van der Waals surface area contributed by atoms with Crippen LogP contribution in [0.15, 0.2) is 24.3 Å². The van der Waals surface area contributed by atoms with E-state index < -0.39 is 0 Å². The molecule has 20 heavy (non-hydrogen) atoms. The molecule has 0 aliphatic rings. The van der Waals surface area contributed by atoms with Gasteiger partial charge in [-0.2, -0.15) is 0 Å². The van der Waals surface area contributed by atoms with Crippen LogP contribution in [0, 0.1) is 13.8 Å². The van der Waals surface area contributed by atoms with Crippen LogP contribution in [-0.4, -0.2) is 17.2 Å². The van der Waals surface area contributed by atoms with Gasteiger partial charge in [-0.15, -0.1) is 10.2 Å². The molecular formula is C15H17Cl2N3. The molecule has 1 unspecified atom stereocenters. The summed E-state index contributed by atoms with van der Waals surface area (Å²) in [5.41, 5.74) is 3.14. The van der Waals surface area contributed by atoms with Crippen LogP contribution < -0.4 is 4.90 Å². The zero-order valence-corrected chi connectivity index (χ0v) is 13.5. The third-order valence-corrected chi connectivity index (χ3v) is 4.28. The summed E-state index contributed by atoms with van der Waals surface area (Å²) in [4.78, 5) is 2.08. The Morgan fingerprint density at radius 3 is 2.45 bits per heavy atom. The Balaban J connectivity index is 2.36. The first-order valence-electron chi connectivity index (χ1n) is 6.39. The molecular weight excluding hydrogens is 293 g/mol. The van der Waals surface area contributed by atoms with E-state index in [1.165, 1.54) is 0 Å². The van der Waals surface area contributed by atoms with Gasteiger partial charge in [-0.3, -0.25) is 0 Å². The molecule has 2 rings (SSSR count). The molecule has 1 aromatic heterocycles. The molecule has 1 heterocycles. The maximum absolute atomic E-state index is 6.05. The summed E-state index contributed by atoms with van der Waals surface area (Å²) in [6, 6.07) is 7.98. The first kappa shape index (κ1) is 15.1. The van der Waals surface area contributed by atoms with E-state index in [9.17, 15) is 0 Å². The van der Waals surface area contributed by atoms with Gasteiger partial charge >= 0.3 is 0 Å². The van der Waals surface area contributed by atoms with Gasteiger partial charge < -0.3 is 4.90 Å². The lowest BCUT2D eigenvalue weighted by atomic mass is 10.1. The molecule has 0 saturated heterocycles. The van der Waals surface area contributed by atoms with Crippen molar-refractivity contribution in [2.24, 2.45) is 0 Å². The van der Waals surface area contributed by atoms with E-state index in [4.69, 9.17) is 23.2 Å². The lowest BCUT2D eigenvalue weighted by Gasteiger charge is -2.27. The minimum absolute atomic E-state index is 0.141. The smallest absolute Gasteiger partial charge is 0.155 e. The Morgan fingerprint density at radius 1 is 1.10 bits per heavy atom. The molecule has 0 amide bonds. The molecule has 0 spiro atoms. The first-order valence-corrected chi connectivity index (χ1v) is 7.15. The van der Waals surface area contributed by atoms with Crippen molar-refractivity contribution in [1.82, 2.24) is 10.2 Å². The van der Waals surface area contributed by atoms with Crippen LogP contribution in [0.4, 0.5) is 5.82 Å². The number of hydrogen-bond donors (Lipinski definition) is 0. The van der Waals surface area contributed by atoms with E-state index in [0.29, 0.717) is 5.15 Å². The molecule has 0 radical (unpaired) electrons. The first-order chi connectivity index (χ1) is 9.41. The highest BCUT2D eigenvalue weighted by Gasteiger charge is 2.18. The molecule has 0 N–H and O–H groups in total. The summed E-state index contributed by atoms with van der Waals surface area (Å²) >= 11 is 12.1. The van der Waals surface area contributed by atoms with E-state index in [-0.39, 0.29) is 6.04 Å². The van der Waals surface area contributed by atoms with Gasteiger partial charge in [-0.05, 0) is 49.6 Å². The molecule has 0 aliphatic carbocycles. The molecule has 0 bridgehead atoms. The van der Waals surface area contributed by atoms with E-state index >= 15 is 0 Å². The standard InChI is InChI=1S/C15H17Cl2N3/c1-9-10(2)15(19-18-14(9)17)20(4)11(3)12-6-5-7-13(16)8-12/h5-8,11H,1-4H3. The summed E-state index contributed by atoms with van der Waals surface area (Å²) in [6.07, 6.45) is 0. The molecule has 5 heteroatoms. The van der Waals surface area contributed by atoms with Crippen LogP contribution in [0.3, 0.4) is 0 Å². The lowest BCUT2D eigenvalue weighted by Crippen LogP contribution is -2.24. The van der Waals surface area contributed by atoms with E-state index in [1.54, 1.807) is 0 Å². The van der Waals surface area contributed by atoms with Crippen LogP contribution in [0.2, 0.25) is 10.2 Å². The van der Waals surface area contributed by atoms with E-state index in [0.717, 1.165) is 27.5 Å². The number of hydrogen-bond acceptors (Lipinski definition) is 3. The van der Waals surface area contributed by atoms with Crippen molar-refractivity contribution < 1.29 is 0 Å². The van der Waals surface area contributed by atoms with Gasteiger partial charge in [0.05, 0.1) is 6.04 Å². The summed E-state index contributed by atoms with van der Waals surface area (Å²) in [6.45, 7) is 6.07. The van der Waals surface area contributed by atoms with Gasteiger partial charge in [-0.1, -0.05) is 35.3 Å². The Kier molecular flexibility index (Phi) is 4.51. The highest BCUT2D eigenvalue weighted by Crippen LogP contribution is 2.29. The SMILES string of the molecule is Cc1c(Cl)nnc(N(C)C(C)c2cccc(Cl)c2)c1C. The van der Waals surface area contributed by atoms with E-state index in [1.807, 2.05) is 39.1 Å². The third-order valence-electron chi connectivity index (χ3n) is 3.69. The molecule has 106 valence electrons. The zero-order valence-electron chi connectivity index (χ0n) is 12.0. The molecule has 1 aromatic carbocycles. The minimum atomic E-state index is 0.141. The van der Waals surface area contributed by atoms with Gasteiger partial charge in [0.2, 0.25) is 0 Å². The third kappa shape index (κ3) is 2.89. The number of anilines is 1. The maximum atomic E-state index is 6.05. The second-order valence-electron chi connectivity index (χ2n) is 4.91. The summed E-state index contributed by atoms with van der Waals surface area (Å²) in [5.74, 6) is 0.833. The van der Waals surface area contributed by atoms with Crippen molar-refractivity contribution in [3.05, 3.63) is 51.1 Å². The van der Waals surface area contributed by atoms with Crippen LogP contribution in [0.5, 0.6) is 0 Å².